The maximum atomic E-state index is 13.3. The van der Waals surface area contributed by atoms with Gasteiger partial charge in [-0.05, 0) is 99.2 Å². The molecule has 19 nitrogen and oxygen atoms in total. The SMILES string of the molecule is CC[C@@H]1C(=O)N(C)c2cnc(Nc3ccc(NCCOCCOCCOCCOCCC(=O)N4CCC(Nc5cccc6c5c(C)c(C#CCNc5ccc(SC)cc5OC)n6C)CC4)cc3OC)nc2N1C1CCCC1.O=CCCl. The number of aldehydes is 1. The number of aromatic nitrogens is 3. The summed E-state index contributed by atoms with van der Waals surface area (Å²) in [7, 11) is 7.20. The summed E-state index contributed by atoms with van der Waals surface area (Å²) in [4.78, 5) is 52.0. The number of likely N-dealkylation sites (N-methyl/N-ethyl adjacent to an activating group) is 1. The number of nitrogens with zero attached hydrogens (tertiary/aromatic N) is 6. The number of fused-ring (bicyclic) bond motifs is 2. The van der Waals surface area contributed by atoms with Gasteiger partial charge in [0.05, 0.1) is 115 Å². The number of alkyl halides is 1. The van der Waals surface area contributed by atoms with Crippen LogP contribution in [0.1, 0.15) is 69.5 Å². The maximum Gasteiger partial charge on any atom is 0.249 e. The van der Waals surface area contributed by atoms with E-state index < -0.39 is 0 Å². The lowest BCUT2D eigenvalue weighted by Crippen LogP contribution is -2.55. The number of benzene rings is 3. The fourth-order valence-corrected chi connectivity index (χ4v) is 11.0. The Balaban J connectivity index is 0.00000229. The number of methoxy groups -OCH3 is 2. The van der Waals surface area contributed by atoms with Crippen LogP contribution in [0.15, 0.2) is 65.7 Å². The zero-order valence-corrected chi connectivity index (χ0v) is 49.6. The minimum absolute atomic E-state index is 0.0901. The van der Waals surface area contributed by atoms with Crippen molar-refractivity contribution in [3.8, 4) is 23.3 Å². The van der Waals surface area contributed by atoms with Gasteiger partial charge in [0.15, 0.2) is 5.82 Å². The van der Waals surface area contributed by atoms with Gasteiger partial charge >= 0.3 is 0 Å². The molecule has 1 atom stereocenters. The lowest BCUT2D eigenvalue weighted by molar-refractivity contribution is -0.133. The van der Waals surface area contributed by atoms with Gasteiger partial charge in [0.2, 0.25) is 17.8 Å². The average Bonchev–Trinajstić information content (AvgIpc) is 4.26. The van der Waals surface area contributed by atoms with Crippen molar-refractivity contribution in [2.75, 3.05) is 144 Å². The molecule has 0 spiro atoms. The van der Waals surface area contributed by atoms with Crippen LogP contribution in [0.4, 0.5) is 40.2 Å². The number of halogens is 1. The van der Waals surface area contributed by atoms with Gasteiger partial charge in [0.25, 0.3) is 0 Å². The summed E-state index contributed by atoms with van der Waals surface area (Å²) in [5.74, 6) is 9.74. The maximum absolute atomic E-state index is 13.3. The number of anilines is 7. The molecule has 81 heavy (non-hydrogen) atoms. The molecule has 4 N–H and O–H groups in total. The Kier molecular flexibility index (Phi) is 24.7. The van der Waals surface area contributed by atoms with Crippen molar-refractivity contribution < 1.29 is 42.8 Å². The van der Waals surface area contributed by atoms with E-state index in [4.69, 9.17) is 49.8 Å². The molecule has 0 radical (unpaired) electrons. The van der Waals surface area contributed by atoms with E-state index in [0.717, 1.165) is 107 Å². The minimum Gasteiger partial charge on any atom is -0.495 e. The van der Waals surface area contributed by atoms with Gasteiger partial charge in [0, 0.05) is 73.5 Å². The van der Waals surface area contributed by atoms with Crippen molar-refractivity contribution in [3.05, 3.63) is 72.1 Å². The Morgan fingerprint density at radius 1 is 0.852 bits per heavy atom. The van der Waals surface area contributed by atoms with E-state index in [1.54, 1.807) is 44.1 Å². The first kappa shape index (κ1) is 62.1. The zero-order chi connectivity index (χ0) is 57.5. The Morgan fingerprint density at radius 2 is 1.52 bits per heavy atom. The number of nitrogens with one attached hydrogen (secondary N) is 4. The number of ether oxygens (including phenoxy) is 6. The van der Waals surface area contributed by atoms with Crippen molar-refractivity contribution in [2.24, 2.45) is 7.05 Å². The van der Waals surface area contributed by atoms with Crippen LogP contribution in [0.25, 0.3) is 10.9 Å². The highest BCUT2D eigenvalue weighted by atomic mass is 35.5. The highest BCUT2D eigenvalue weighted by Crippen LogP contribution is 2.41. The van der Waals surface area contributed by atoms with E-state index in [1.807, 2.05) is 35.2 Å². The van der Waals surface area contributed by atoms with Gasteiger partial charge in [-0.15, -0.1) is 23.4 Å². The Labute approximate surface area is 486 Å². The lowest BCUT2D eigenvalue weighted by Gasteiger charge is -2.43. The molecule has 21 heteroatoms. The predicted octanol–water partition coefficient (Wildman–Crippen LogP) is 9.12. The third-order valence-corrected chi connectivity index (χ3v) is 15.6. The quantitative estimate of drug-likeness (QED) is 0.0122. The van der Waals surface area contributed by atoms with Crippen LogP contribution >= 0.6 is 23.4 Å². The second-order valence-electron chi connectivity index (χ2n) is 19.8. The Morgan fingerprint density at radius 3 is 2.19 bits per heavy atom. The Bertz CT molecular complexity index is 2900. The molecule has 1 saturated carbocycles. The minimum atomic E-state index is -0.234. The first-order chi connectivity index (χ1) is 39.5. The number of carbonyl (C=O) groups excluding carboxylic acids is 3. The third kappa shape index (κ3) is 16.8. The second-order valence-corrected chi connectivity index (χ2v) is 21.0. The van der Waals surface area contributed by atoms with Crippen LogP contribution in [0, 0.1) is 18.8 Å². The summed E-state index contributed by atoms with van der Waals surface area (Å²) in [6, 6.07) is 18.7. The lowest BCUT2D eigenvalue weighted by atomic mass is 10.0. The van der Waals surface area contributed by atoms with Gasteiger partial charge < -0.3 is 73.7 Å². The molecule has 3 aliphatic rings. The Hall–Kier alpha value is -6.47. The first-order valence-electron chi connectivity index (χ1n) is 28.0. The molecule has 1 aliphatic carbocycles. The molecule has 3 aromatic carbocycles. The standard InChI is InChI=1S/C58H78N10O8S.C2H3ClO/c1-8-48-57(70)66(4)51-39-61-58(64-56(51)68(48)43-13-9-10-14-43)63-46-20-18-42(37-52(46)71-5)59-26-30-74-32-34-76-36-35-75-33-31-73-29-24-54(69)67-27-22-41(23-28-67)62-47-15-11-16-50-55(47)40(2)49(65(50)3)17-12-25-60-45-21-19-44(77-7)38-53(45)72-6;3-1-2-4/h11,15-16,18-21,37-39,41,43,48,59-60,62H,8-10,13-14,22-36H2,1-7H3,(H,61,63,64);2H,1H2/t48-;/m1./s1. The fraction of sp³-hybridized carbons (Fsp3) is 0.517. The molecule has 8 rings (SSSR count). The number of hydrogen-bond acceptors (Lipinski definition) is 17. The molecule has 2 aliphatic heterocycles. The van der Waals surface area contributed by atoms with Crippen molar-refractivity contribution in [1.82, 2.24) is 19.4 Å². The van der Waals surface area contributed by atoms with Crippen molar-refractivity contribution in [1.29, 1.82) is 0 Å². The van der Waals surface area contributed by atoms with Gasteiger partial charge in [0.1, 0.15) is 29.5 Å². The predicted molar refractivity (Wildman–Crippen MR) is 325 cm³/mol. The third-order valence-electron chi connectivity index (χ3n) is 14.7. The number of amides is 2. The van der Waals surface area contributed by atoms with E-state index in [-0.39, 0.29) is 29.8 Å². The van der Waals surface area contributed by atoms with Crippen molar-refractivity contribution >= 4 is 92.6 Å². The number of piperidine rings is 1. The largest absolute Gasteiger partial charge is 0.495 e. The van der Waals surface area contributed by atoms with E-state index >= 15 is 0 Å². The number of rotatable bonds is 28. The summed E-state index contributed by atoms with van der Waals surface area (Å²) in [5.41, 5.74) is 7.65. The number of likely N-dealkylation sites (tertiary alicyclic amines) is 1. The number of hydrogen-bond donors (Lipinski definition) is 4. The van der Waals surface area contributed by atoms with Gasteiger partial charge in [-0.3, -0.25) is 9.59 Å². The first-order valence-corrected chi connectivity index (χ1v) is 29.8. The van der Waals surface area contributed by atoms with E-state index in [2.05, 4.69) is 99.0 Å². The molecule has 0 bridgehead atoms. The van der Waals surface area contributed by atoms with E-state index in [9.17, 15) is 9.59 Å². The second kappa shape index (κ2) is 32.2. The van der Waals surface area contributed by atoms with Crippen LogP contribution < -0.4 is 40.5 Å². The average molecular weight is 1150 g/mol. The number of carbonyl (C=O) groups is 3. The fourth-order valence-electron chi connectivity index (χ4n) is 10.5. The molecule has 2 aromatic heterocycles. The molecule has 1 saturated heterocycles. The smallest absolute Gasteiger partial charge is 0.249 e. The molecule has 5 aromatic rings. The molecular weight excluding hydrogens is 1070 g/mol. The van der Waals surface area contributed by atoms with Crippen molar-refractivity contribution in [2.45, 2.75) is 88.2 Å². The summed E-state index contributed by atoms with van der Waals surface area (Å²) in [5, 5.41) is 15.1. The highest BCUT2D eigenvalue weighted by Gasteiger charge is 2.41. The van der Waals surface area contributed by atoms with Gasteiger partial charge in [-0.25, -0.2) is 4.98 Å². The summed E-state index contributed by atoms with van der Waals surface area (Å²) >= 11 is 6.50. The van der Waals surface area contributed by atoms with Crippen LogP contribution in [0.5, 0.6) is 11.5 Å². The van der Waals surface area contributed by atoms with Gasteiger partial charge in [-0.2, -0.15) is 4.98 Å². The van der Waals surface area contributed by atoms with Crippen LogP contribution in [-0.4, -0.2) is 168 Å². The monoisotopic (exact) mass is 1150 g/mol. The summed E-state index contributed by atoms with van der Waals surface area (Å²) < 4.78 is 36.3. The molecular formula is C60H81ClN10O9S. The highest BCUT2D eigenvalue weighted by molar-refractivity contribution is 7.98. The van der Waals surface area contributed by atoms with E-state index in [1.165, 1.54) is 5.39 Å². The topological polar surface area (TPSA) is 195 Å². The van der Waals surface area contributed by atoms with Crippen LogP contribution in [-0.2, 0) is 40.4 Å². The molecule has 4 heterocycles. The summed E-state index contributed by atoms with van der Waals surface area (Å²) in [6.45, 7) is 10.3. The molecule has 2 fully saturated rings. The van der Waals surface area contributed by atoms with Crippen LogP contribution in [0.3, 0.4) is 0 Å². The summed E-state index contributed by atoms with van der Waals surface area (Å²) in [6.07, 6.45) is 11.7. The molecule has 0 unspecified atom stereocenters. The normalized spacial score (nSPS) is 15.4. The van der Waals surface area contributed by atoms with E-state index in [0.29, 0.717) is 109 Å². The number of thioether (sulfide) groups is 1. The molecule has 438 valence electrons. The molecule has 2 amide bonds. The van der Waals surface area contributed by atoms with Crippen LogP contribution in [0.2, 0.25) is 0 Å². The zero-order valence-electron chi connectivity index (χ0n) is 48.1. The van der Waals surface area contributed by atoms with Crippen molar-refractivity contribution in [3.63, 3.8) is 0 Å². The van der Waals surface area contributed by atoms with Gasteiger partial charge in [-0.1, -0.05) is 31.8 Å². The number of aryl methyl sites for hydroxylation is 2.